The van der Waals surface area contributed by atoms with Gasteiger partial charge in [0.15, 0.2) is 5.58 Å². The molecule has 1 aromatic heterocycles. The molecule has 3 heteroatoms. The summed E-state index contributed by atoms with van der Waals surface area (Å²) in [5, 5.41) is 0. The molecule has 20 heavy (non-hydrogen) atoms. The van der Waals surface area contributed by atoms with Gasteiger partial charge in [0.2, 0.25) is 5.89 Å². The van der Waals surface area contributed by atoms with Crippen LogP contribution in [-0.4, -0.2) is 19.1 Å². The number of anilines is 1. The maximum atomic E-state index is 5.68. The Hall–Kier alpha value is -2.55. The van der Waals surface area contributed by atoms with Crippen molar-refractivity contribution in [3.8, 4) is 0 Å². The van der Waals surface area contributed by atoms with Gasteiger partial charge < -0.3 is 9.32 Å². The Bertz CT molecular complexity index is 723. The third-order valence-corrected chi connectivity index (χ3v) is 3.13. The predicted octanol–water partition coefficient (Wildman–Crippen LogP) is 4.06. The highest BCUT2D eigenvalue weighted by atomic mass is 16.3. The maximum Gasteiger partial charge on any atom is 0.220 e. The van der Waals surface area contributed by atoms with Crippen LogP contribution >= 0.6 is 0 Å². The Balaban J connectivity index is 1.94. The molecule has 0 fully saturated rings. The van der Waals surface area contributed by atoms with E-state index in [0.29, 0.717) is 5.89 Å². The third-order valence-electron chi connectivity index (χ3n) is 3.13. The first kappa shape index (κ1) is 12.5. The van der Waals surface area contributed by atoms with E-state index in [-0.39, 0.29) is 0 Å². The molecule has 3 aromatic rings. The first-order valence-corrected chi connectivity index (χ1v) is 6.54. The molecule has 0 atom stereocenters. The zero-order chi connectivity index (χ0) is 13.9. The summed E-state index contributed by atoms with van der Waals surface area (Å²) in [6.45, 7) is 0. The van der Waals surface area contributed by atoms with Crippen LogP contribution < -0.4 is 4.90 Å². The summed E-state index contributed by atoms with van der Waals surface area (Å²) >= 11 is 0. The average Bonchev–Trinajstić information content (AvgIpc) is 2.88. The van der Waals surface area contributed by atoms with Crippen molar-refractivity contribution in [3.63, 3.8) is 0 Å². The first-order valence-electron chi connectivity index (χ1n) is 6.54. The van der Waals surface area contributed by atoms with Crippen LogP contribution in [0.4, 0.5) is 5.69 Å². The Labute approximate surface area is 118 Å². The number of fused-ring (bicyclic) bond motifs is 1. The monoisotopic (exact) mass is 264 g/mol. The van der Waals surface area contributed by atoms with Crippen molar-refractivity contribution in [1.82, 2.24) is 4.98 Å². The smallest absolute Gasteiger partial charge is 0.220 e. The van der Waals surface area contributed by atoms with E-state index in [4.69, 9.17) is 4.42 Å². The third kappa shape index (κ3) is 2.43. The molecule has 0 radical (unpaired) electrons. The van der Waals surface area contributed by atoms with E-state index in [1.54, 1.807) is 0 Å². The molecule has 3 rings (SSSR count). The summed E-state index contributed by atoms with van der Waals surface area (Å²) < 4.78 is 5.68. The fourth-order valence-electron chi connectivity index (χ4n) is 2.16. The van der Waals surface area contributed by atoms with Gasteiger partial charge in [0.1, 0.15) is 5.52 Å². The lowest BCUT2D eigenvalue weighted by Gasteiger charge is -2.14. The Morgan fingerprint density at radius 1 is 0.950 bits per heavy atom. The molecule has 0 aliphatic carbocycles. The van der Waals surface area contributed by atoms with Crippen LogP contribution in [-0.2, 0) is 0 Å². The molecule has 0 amide bonds. The fourth-order valence-corrected chi connectivity index (χ4v) is 2.16. The molecule has 0 bridgehead atoms. The summed E-state index contributed by atoms with van der Waals surface area (Å²) in [6, 6.07) is 16.0. The van der Waals surface area contributed by atoms with Crippen LogP contribution in [0.15, 0.2) is 52.9 Å². The van der Waals surface area contributed by atoms with Crippen LogP contribution in [0.5, 0.6) is 0 Å². The SMILES string of the molecule is CN(C)c1ccccc1/C=C/c1nc2ccccc2o1. The summed E-state index contributed by atoms with van der Waals surface area (Å²) in [4.78, 5) is 6.52. The van der Waals surface area contributed by atoms with E-state index >= 15 is 0 Å². The highest BCUT2D eigenvalue weighted by molar-refractivity contribution is 5.78. The average molecular weight is 264 g/mol. The van der Waals surface area contributed by atoms with Crippen molar-refractivity contribution in [2.75, 3.05) is 19.0 Å². The van der Waals surface area contributed by atoms with Gasteiger partial charge in [-0.2, -0.15) is 0 Å². The number of nitrogens with zero attached hydrogens (tertiary/aromatic N) is 2. The van der Waals surface area contributed by atoms with E-state index in [1.165, 1.54) is 5.69 Å². The quantitative estimate of drug-likeness (QED) is 0.714. The molecule has 0 saturated carbocycles. The van der Waals surface area contributed by atoms with Crippen molar-refractivity contribution < 1.29 is 4.42 Å². The molecule has 0 spiro atoms. The van der Waals surface area contributed by atoms with Gasteiger partial charge in [0, 0.05) is 25.9 Å². The van der Waals surface area contributed by atoms with Crippen LogP contribution in [0.2, 0.25) is 0 Å². The molecule has 0 saturated heterocycles. The van der Waals surface area contributed by atoms with Crippen LogP contribution in [0.25, 0.3) is 23.3 Å². The molecular formula is C17H16N2O. The van der Waals surface area contributed by atoms with Crippen LogP contribution in [0.3, 0.4) is 0 Å². The lowest BCUT2D eigenvalue weighted by Crippen LogP contribution is -2.09. The number of para-hydroxylation sites is 3. The zero-order valence-corrected chi connectivity index (χ0v) is 11.6. The second kappa shape index (κ2) is 5.21. The van der Waals surface area contributed by atoms with Crippen LogP contribution in [0.1, 0.15) is 11.5 Å². The Morgan fingerprint density at radius 2 is 1.70 bits per heavy atom. The van der Waals surface area contributed by atoms with Crippen molar-refractivity contribution >= 4 is 28.9 Å². The summed E-state index contributed by atoms with van der Waals surface area (Å²) in [5.74, 6) is 0.625. The van der Waals surface area contributed by atoms with Crippen LogP contribution in [0, 0.1) is 0 Å². The summed E-state index contributed by atoms with van der Waals surface area (Å²) in [5.41, 5.74) is 4.00. The highest BCUT2D eigenvalue weighted by Gasteiger charge is 2.03. The number of rotatable bonds is 3. The van der Waals surface area contributed by atoms with Gasteiger partial charge in [0.05, 0.1) is 0 Å². The van der Waals surface area contributed by atoms with Crippen molar-refractivity contribution in [1.29, 1.82) is 0 Å². The normalized spacial score (nSPS) is 11.3. The number of oxazole rings is 1. The molecule has 1 heterocycles. The first-order chi connectivity index (χ1) is 9.74. The van der Waals surface area contributed by atoms with Gasteiger partial charge in [-0.25, -0.2) is 4.98 Å². The second-order valence-corrected chi connectivity index (χ2v) is 4.81. The highest BCUT2D eigenvalue weighted by Crippen LogP contribution is 2.21. The van der Waals surface area contributed by atoms with E-state index < -0.39 is 0 Å². The molecule has 3 nitrogen and oxygen atoms in total. The number of aromatic nitrogens is 1. The minimum atomic E-state index is 0.625. The second-order valence-electron chi connectivity index (χ2n) is 4.81. The molecule has 0 aliphatic heterocycles. The zero-order valence-electron chi connectivity index (χ0n) is 11.6. The molecule has 100 valence electrons. The van der Waals surface area contributed by atoms with Gasteiger partial charge in [-0.1, -0.05) is 30.3 Å². The number of hydrogen-bond acceptors (Lipinski definition) is 3. The Morgan fingerprint density at radius 3 is 2.50 bits per heavy atom. The number of hydrogen-bond donors (Lipinski definition) is 0. The van der Waals surface area contributed by atoms with E-state index in [2.05, 4.69) is 22.0 Å². The molecule has 0 N–H and O–H groups in total. The van der Waals surface area contributed by atoms with Crippen molar-refractivity contribution in [2.45, 2.75) is 0 Å². The minimum absolute atomic E-state index is 0.625. The minimum Gasteiger partial charge on any atom is -0.437 e. The van der Waals surface area contributed by atoms with Crippen molar-refractivity contribution in [3.05, 3.63) is 60.0 Å². The van der Waals surface area contributed by atoms with Gasteiger partial charge in [-0.05, 0) is 29.8 Å². The summed E-state index contributed by atoms with van der Waals surface area (Å²) in [7, 11) is 4.07. The number of benzene rings is 2. The lowest BCUT2D eigenvalue weighted by atomic mass is 10.1. The Kier molecular flexibility index (Phi) is 3.25. The van der Waals surface area contributed by atoms with E-state index in [9.17, 15) is 0 Å². The van der Waals surface area contributed by atoms with E-state index in [1.807, 2.05) is 62.6 Å². The topological polar surface area (TPSA) is 29.3 Å². The van der Waals surface area contributed by atoms with Gasteiger partial charge in [0.25, 0.3) is 0 Å². The molecule has 0 aliphatic rings. The lowest BCUT2D eigenvalue weighted by molar-refractivity contribution is 0.590. The predicted molar refractivity (Wildman–Crippen MR) is 83.7 cm³/mol. The van der Waals surface area contributed by atoms with Gasteiger partial charge >= 0.3 is 0 Å². The largest absolute Gasteiger partial charge is 0.437 e. The standard InChI is InChI=1S/C17H16N2O/c1-19(2)15-9-5-3-7-13(15)11-12-17-18-14-8-4-6-10-16(14)20-17/h3-12H,1-2H3/b12-11+. The fraction of sp³-hybridized carbons (Fsp3) is 0.118. The van der Waals surface area contributed by atoms with Gasteiger partial charge in [-0.3, -0.25) is 0 Å². The molecule has 0 unspecified atom stereocenters. The van der Waals surface area contributed by atoms with Gasteiger partial charge in [-0.15, -0.1) is 0 Å². The van der Waals surface area contributed by atoms with Crippen molar-refractivity contribution in [2.24, 2.45) is 0 Å². The molecule has 2 aromatic carbocycles. The molecular weight excluding hydrogens is 248 g/mol. The maximum absolute atomic E-state index is 5.68. The van der Waals surface area contributed by atoms with E-state index in [0.717, 1.165) is 16.7 Å². The summed E-state index contributed by atoms with van der Waals surface area (Å²) in [6.07, 6.45) is 3.93.